The van der Waals surface area contributed by atoms with Gasteiger partial charge in [-0.15, -0.1) is 0 Å². The summed E-state index contributed by atoms with van der Waals surface area (Å²) >= 11 is 0. The molecule has 0 saturated carbocycles. The van der Waals surface area contributed by atoms with Gasteiger partial charge in [-0.2, -0.15) is 0 Å². The van der Waals surface area contributed by atoms with Crippen molar-refractivity contribution in [3.63, 3.8) is 0 Å². The molecule has 2 aliphatic heterocycles. The fourth-order valence-electron chi connectivity index (χ4n) is 5.22. The maximum Gasteiger partial charge on any atom is 0.335 e. The fourth-order valence-corrected chi connectivity index (χ4v) is 5.22. The van der Waals surface area contributed by atoms with E-state index in [2.05, 4.69) is 35.8 Å². The molecule has 17 nitrogen and oxygen atoms in total. The molecule has 3 rings (SSSR count). The third-order valence-electron chi connectivity index (χ3n) is 8.01. The van der Waals surface area contributed by atoms with E-state index < -0.39 is 53.9 Å². The molecule has 1 aromatic rings. The SMILES string of the molecule is CCC(=O)OC1(c2ccccc2)CC(C)N(CCCN2CCOCC2)CC1C.O=C(O)[C@@H](O)[C@H](O)C(=O)O.O=C(O)[C@@H](O)[C@H](O)C(=O)O. The number of hydrogen-bond acceptors (Lipinski definition) is 13. The topological polar surface area (TPSA) is 272 Å². The second-order valence-electron chi connectivity index (χ2n) is 11.5. The van der Waals surface area contributed by atoms with Gasteiger partial charge in [0.15, 0.2) is 24.4 Å². The minimum absolute atomic E-state index is 0.108. The molecule has 0 aromatic heterocycles. The van der Waals surface area contributed by atoms with Gasteiger partial charge in [0.25, 0.3) is 0 Å². The summed E-state index contributed by atoms with van der Waals surface area (Å²) in [6, 6.07) is 10.7. The molecule has 0 bridgehead atoms. The summed E-state index contributed by atoms with van der Waals surface area (Å²) in [7, 11) is 0. The Morgan fingerprint density at radius 3 is 1.69 bits per heavy atom. The van der Waals surface area contributed by atoms with Crippen molar-refractivity contribution < 1.29 is 74.3 Å². The number of carboxylic acids is 4. The second-order valence-corrected chi connectivity index (χ2v) is 11.5. The molecule has 0 aliphatic carbocycles. The molecule has 17 heteroatoms. The van der Waals surface area contributed by atoms with E-state index in [0.717, 1.165) is 57.9 Å². The zero-order valence-corrected chi connectivity index (χ0v) is 27.3. The molecule has 3 unspecified atom stereocenters. The highest BCUT2D eigenvalue weighted by molar-refractivity contribution is 5.83. The van der Waals surface area contributed by atoms with Crippen LogP contribution >= 0.6 is 0 Å². The number of piperidine rings is 1. The Hall–Kier alpha value is -3.71. The Bertz CT molecular complexity index is 1110. The number of carbonyl (C=O) groups is 5. The number of benzene rings is 1. The Morgan fingerprint density at radius 1 is 0.812 bits per heavy atom. The third-order valence-corrected chi connectivity index (χ3v) is 8.01. The van der Waals surface area contributed by atoms with Crippen molar-refractivity contribution in [2.45, 2.75) is 76.1 Å². The Balaban J connectivity index is 0.000000474. The van der Waals surface area contributed by atoms with E-state index in [4.69, 9.17) is 50.3 Å². The lowest BCUT2D eigenvalue weighted by molar-refractivity contribution is -0.178. The molecule has 2 heterocycles. The molecule has 48 heavy (non-hydrogen) atoms. The molecular formula is C31H48N2O15. The summed E-state index contributed by atoms with van der Waals surface area (Å²) in [6.07, 6.45) is -6.63. The number of hydrogen-bond donors (Lipinski definition) is 8. The van der Waals surface area contributed by atoms with Gasteiger partial charge in [-0.3, -0.25) is 9.69 Å². The quantitative estimate of drug-likeness (QED) is 0.116. The van der Waals surface area contributed by atoms with E-state index in [9.17, 15) is 24.0 Å². The van der Waals surface area contributed by atoms with Crippen molar-refractivity contribution in [1.82, 2.24) is 9.80 Å². The first-order valence-electron chi connectivity index (χ1n) is 15.4. The van der Waals surface area contributed by atoms with E-state index in [1.54, 1.807) is 0 Å². The molecule has 2 fully saturated rings. The number of ether oxygens (including phenoxy) is 2. The van der Waals surface area contributed by atoms with Gasteiger partial charge >= 0.3 is 29.8 Å². The van der Waals surface area contributed by atoms with Crippen molar-refractivity contribution in [3.05, 3.63) is 35.9 Å². The van der Waals surface area contributed by atoms with E-state index >= 15 is 0 Å². The molecule has 2 aliphatic rings. The van der Waals surface area contributed by atoms with Crippen LogP contribution in [-0.2, 0) is 39.0 Å². The number of nitrogens with zero attached hydrogens (tertiary/aromatic N) is 2. The number of aliphatic hydroxyl groups excluding tert-OH is 4. The number of carboxylic acid groups (broad SMARTS) is 4. The van der Waals surface area contributed by atoms with E-state index in [0.29, 0.717) is 12.5 Å². The highest BCUT2D eigenvalue weighted by Gasteiger charge is 2.47. The monoisotopic (exact) mass is 688 g/mol. The second kappa shape index (κ2) is 20.6. The maximum absolute atomic E-state index is 12.3. The summed E-state index contributed by atoms with van der Waals surface area (Å²) < 4.78 is 11.6. The molecule has 8 N–H and O–H groups in total. The molecule has 7 atom stereocenters. The van der Waals surface area contributed by atoms with Crippen molar-refractivity contribution in [1.29, 1.82) is 0 Å². The van der Waals surface area contributed by atoms with Crippen LogP contribution in [0.4, 0.5) is 0 Å². The Kier molecular flexibility index (Phi) is 18.2. The van der Waals surface area contributed by atoms with Crippen LogP contribution in [0.2, 0.25) is 0 Å². The number of rotatable bonds is 13. The summed E-state index contributed by atoms with van der Waals surface area (Å²) in [4.78, 5) is 56.4. The van der Waals surface area contributed by atoms with Gasteiger partial charge in [0.05, 0.1) is 13.2 Å². The van der Waals surface area contributed by atoms with E-state index in [-0.39, 0.29) is 11.9 Å². The van der Waals surface area contributed by atoms with Gasteiger partial charge in [-0.1, -0.05) is 44.2 Å². The first-order valence-corrected chi connectivity index (χ1v) is 15.4. The first kappa shape index (κ1) is 42.3. The van der Waals surface area contributed by atoms with Crippen LogP contribution in [0.5, 0.6) is 0 Å². The predicted octanol–water partition coefficient (Wildman–Crippen LogP) is -0.957. The average Bonchev–Trinajstić information content (AvgIpc) is 3.06. The molecule has 2 saturated heterocycles. The van der Waals surface area contributed by atoms with Gasteiger partial charge in [0.2, 0.25) is 0 Å². The van der Waals surface area contributed by atoms with Crippen LogP contribution in [0, 0.1) is 5.92 Å². The number of esters is 1. The average molecular weight is 689 g/mol. The minimum Gasteiger partial charge on any atom is -0.479 e. The third kappa shape index (κ3) is 13.1. The lowest BCUT2D eigenvalue weighted by atomic mass is 9.74. The van der Waals surface area contributed by atoms with Crippen LogP contribution in [-0.4, -0.2) is 157 Å². The Labute approximate surface area is 277 Å². The number of morpholine rings is 1. The zero-order chi connectivity index (χ0) is 36.6. The molecular weight excluding hydrogens is 640 g/mol. The zero-order valence-electron chi connectivity index (χ0n) is 27.3. The van der Waals surface area contributed by atoms with Gasteiger partial charge < -0.3 is 55.2 Å². The largest absolute Gasteiger partial charge is 0.479 e. The smallest absolute Gasteiger partial charge is 0.335 e. The van der Waals surface area contributed by atoms with Crippen LogP contribution < -0.4 is 0 Å². The Morgan fingerprint density at radius 2 is 1.27 bits per heavy atom. The number of aliphatic hydroxyl groups is 4. The van der Waals surface area contributed by atoms with Crippen molar-refractivity contribution in [2.24, 2.45) is 5.92 Å². The molecule has 0 amide bonds. The van der Waals surface area contributed by atoms with Gasteiger partial charge in [-0.25, -0.2) is 19.2 Å². The fraction of sp³-hybridized carbons (Fsp3) is 0.645. The summed E-state index contributed by atoms with van der Waals surface area (Å²) in [5.41, 5.74) is 0.609. The number of likely N-dealkylation sites (tertiary alicyclic amines) is 1. The summed E-state index contributed by atoms with van der Waals surface area (Å²) in [6.45, 7) is 13.4. The molecule has 0 spiro atoms. The van der Waals surface area contributed by atoms with Crippen LogP contribution in [0.3, 0.4) is 0 Å². The van der Waals surface area contributed by atoms with Crippen molar-refractivity contribution in [2.75, 3.05) is 45.9 Å². The van der Waals surface area contributed by atoms with Gasteiger partial charge in [0, 0.05) is 44.4 Å². The van der Waals surface area contributed by atoms with Crippen LogP contribution in [0.25, 0.3) is 0 Å². The number of aliphatic carboxylic acids is 4. The lowest BCUT2D eigenvalue weighted by Gasteiger charge is -2.49. The molecule has 272 valence electrons. The highest BCUT2D eigenvalue weighted by atomic mass is 16.6. The minimum atomic E-state index is -2.27. The summed E-state index contributed by atoms with van der Waals surface area (Å²) in [5.74, 6) is -6.93. The van der Waals surface area contributed by atoms with Crippen molar-refractivity contribution in [3.8, 4) is 0 Å². The molecule has 0 radical (unpaired) electrons. The van der Waals surface area contributed by atoms with Crippen LogP contribution in [0.15, 0.2) is 30.3 Å². The molecule has 1 aromatic carbocycles. The summed E-state index contributed by atoms with van der Waals surface area (Å²) in [5, 5.41) is 65.1. The highest BCUT2D eigenvalue weighted by Crippen LogP contribution is 2.43. The van der Waals surface area contributed by atoms with E-state index in [1.807, 2.05) is 25.1 Å². The standard InChI is InChI=1S/C23H36N2O3.2C4H6O6/c1-4-22(26)28-23(21-9-6-5-7-10-21)17-20(3)25(18-19(23)2)12-8-11-24-13-15-27-16-14-24;2*5-1(3(7)8)2(6)4(9)10/h5-7,9-10,19-20H,4,8,11-18H2,1-3H3;2*1-2,5-6H,(H,7,8)(H,9,10)/t;2*1-,2-/m.00/s1. The maximum atomic E-state index is 12.3. The van der Waals surface area contributed by atoms with Gasteiger partial charge in [-0.05, 0) is 32.0 Å². The van der Waals surface area contributed by atoms with E-state index in [1.165, 1.54) is 6.42 Å². The van der Waals surface area contributed by atoms with Crippen molar-refractivity contribution >= 4 is 29.8 Å². The van der Waals surface area contributed by atoms with Crippen LogP contribution in [0.1, 0.15) is 45.6 Å². The lowest BCUT2D eigenvalue weighted by Crippen LogP contribution is -2.55. The number of carbonyl (C=O) groups excluding carboxylic acids is 1. The van der Waals surface area contributed by atoms with Gasteiger partial charge in [0.1, 0.15) is 5.60 Å². The normalized spacial score (nSPS) is 23.8. The predicted molar refractivity (Wildman–Crippen MR) is 166 cm³/mol. The first-order chi connectivity index (χ1) is 22.5.